The van der Waals surface area contributed by atoms with Crippen LogP contribution in [0.1, 0.15) is 125 Å². The molecule has 0 spiro atoms. The average molecular weight is 798 g/mol. The fraction of sp³-hybridized carbons (Fsp3) is 0.471. The quantitative estimate of drug-likeness (QED) is 0.104. The van der Waals surface area contributed by atoms with Crippen LogP contribution in [0.3, 0.4) is 0 Å². The van der Waals surface area contributed by atoms with Gasteiger partial charge >= 0.3 is 5.97 Å². The van der Waals surface area contributed by atoms with Crippen molar-refractivity contribution >= 4 is 28.4 Å². The molecule has 4 aromatic rings. The van der Waals surface area contributed by atoms with E-state index in [1.807, 2.05) is 63.2 Å². The van der Waals surface area contributed by atoms with Crippen LogP contribution in [0.2, 0.25) is 0 Å². The molecule has 5 aliphatic rings. The molecule has 1 amide bonds. The van der Waals surface area contributed by atoms with Gasteiger partial charge in [-0.1, -0.05) is 87.0 Å². The van der Waals surface area contributed by atoms with Gasteiger partial charge in [-0.2, -0.15) is 0 Å². The lowest BCUT2D eigenvalue weighted by molar-refractivity contribution is -0.178. The van der Waals surface area contributed by atoms with Crippen molar-refractivity contribution in [3.05, 3.63) is 124 Å². The van der Waals surface area contributed by atoms with Gasteiger partial charge in [-0.15, -0.1) is 0 Å². The lowest BCUT2D eigenvalue weighted by Gasteiger charge is -2.47. The zero-order chi connectivity index (χ0) is 42.0. The number of methoxy groups -OCH3 is 1. The van der Waals surface area contributed by atoms with Gasteiger partial charge in [0.1, 0.15) is 5.75 Å². The number of fused-ring (bicyclic) bond motifs is 11. The molecule has 0 aromatic heterocycles. The lowest BCUT2D eigenvalue weighted by Crippen LogP contribution is -2.60. The summed E-state index contributed by atoms with van der Waals surface area (Å²) in [4.78, 5) is 45.5. The second-order valence-corrected chi connectivity index (χ2v) is 19.0. The first kappa shape index (κ1) is 41.0. The van der Waals surface area contributed by atoms with E-state index >= 15 is 4.79 Å². The normalized spacial score (nSPS) is 30.0. The fourth-order valence-corrected chi connectivity index (χ4v) is 11.2. The van der Waals surface area contributed by atoms with Gasteiger partial charge in [0, 0.05) is 28.5 Å². The summed E-state index contributed by atoms with van der Waals surface area (Å²) in [7, 11) is 1.60. The van der Waals surface area contributed by atoms with Crippen LogP contribution < -0.4 is 4.74 Å². The highest BCUT2D eigenvalue weighted by atomic mass is 16.6. The molecule has 4 aromatic carbocycles. The van der Waals surface area contributed by atoms with E-state index in [1.54, 1.807) is 36.3 Å². The summed E-state index contributed by atoms with van der Waals surface area (Å²) in [6.45, 7) is 10.4. The number of carbonyl (C=O) groups excluding carboxylic acids is 3. The SMILES string of the molecule is COc1ccc(C(=O)c2cc3ccc2[C@@H]2CC[C@@](O)(CN(Cc4cccc5ccccc45)C(=O)[C@@]45CC[C@@](C)(C(=O)O4)C5(C)C)[C@@]2(C)CCC=C(C)CC[C@H](O)C3)cc1. The molecule has 4 bridgehead atoms. The van der Waals surface area contributed by atoms with Crippen LogP contribution in [0.4, 0.5) is 0 Å². The number of allylic oxidation sites excluding steroid dienone is 2. The molecule has 6 atom stereocenters. The van der Waals surface area contributed by atoms with Crippen LogP contribution in [0, 0.1) is 16.2 Å². The van der Waals surface area contributed by atoms with E-state index in [-0.39, 0.29) is 36.7 Å². The molecule has 1 heterocycles. The van der Waals surface area contributed by atoms with E-state index in [9.17, 15) is 19.8 Å². The largest absolute Gasteiger partial charge is 0.497 e. The number of esters is 1. The summed E-state index contributed by atoms with van der Waals surface area (Å²) >= 11 is 0. The van der Waals surface area contributed by atoms with Gasteiger partial charge in [0.05, 0.1) is 30.8 Å². The molecule has 1 saturated heterocycles. The van der Waals surface area contributed by atoms with Gasteiger partial charge in [0.25, 0.3) is 5.91 Å². The van der Waals surface area contributed by atoms with Crippen LogP contribution in [0.25, 0.3) is 10.8 Å². The van der Waals surface area contributed by atoms with E-state index in [0.717, 1.165) is 33.9 Å². The molecule has 0 unspecified atom stereocenters. The molecule has 8 nitrogen and oxygen atoms in total. The lowest BCUT2D eigenvalue weighted by atomic mass is 9.64. The number of hydrogen-bond acceptors (Lipinski definition) is 7. The van der Waals surface area contributed by atoms with E-state index in [0.29, 0.717) is 68.2 Å². The van der Waals surface area contributed by atoms with Crippen molar-refractivity contribution in [1.29, 1.82) is 0 Å². The number of nitrogens with zero attached hydrogens (tertiary/aromatic N) is 1. The molecule has 310 valence electrons. The van der Waals surface area contributed by atoms with Crippen molar-refractivity contribution < 1.29 is 34.1 Å². The molecule has 3 fully saturated rings. The average Bonchev–Trinajstić information content (AvgIpc) is 3.66. The van der Waals surface area contributed by atoms with Crippen LogP contribution in [-0.2, 0) is 27.3 Å². The Morgan fingerprint density at radius 2 is 1.64 bits per heavy atom. The minimum absolute atomic E-state index is 0.0306. The first-order valence-electron chi connectivity index (χ1n) is 21.4. The number of ether oxygens (including phenoxy) is 2. The van der Waals surface area contributed by atoms with Crippen molar-refractivity contribution in [3.8, 4) is 5.75 Å². The maximum Gasteiger partial charge on any atom is 0.313 e. The fourth-order valence-electron chi connectivity index (χ4n) is 11.2. The van der Waals surface area contributed by atoms with E-state index in [2.05, 4.69) is 38.1 Å². The van der Waals surface area contributed by atoms with Crippen LogP contribution in [-0.4, -0.2) is 63.7 Å². The van der Waals surface area contributed by atoms with E-state index in [4.69, 9.17) is 9.47 Å². The Hall–Kier alpha value is -4.79. The molecule has 0 radical (unpaired) electrons. The summed E-state index contributed by atoms with van der Waals surface area (Å²) in [5, 5.41) is 26.7. The zero-order valence-electron chi connectivity index (χ0n) is 35.5. The van der Waals surface area contributed by atoms with Gasteiger partial charge in [-0.05, 0) is 135 Å². The molecule has 9 rings (SSSR count). The predicted molar refractivity (Wildman–Crippen MR) is 229 cm³/mol. The number of ketones is 1. The number of carbonyl (C=O) groups is 3. The second-order valence-electron chi connectivity index (χ2n) is 19.0. The maximum atomic E-state index is 15.5. The minimum Gasteiger partial charge on any atom is -0.497 e. The number of aliphatic hydroxyl groups excluding tert-OH is 1. The van der Waals surface area contributed by atoms with Crippen molar-refractivity contribution in [2.45, 2.75) is 122 Å². The maximum absolute atomic E-state index is 15.5. The van der Waals surface area contributed by atoms with Crippen molar-refractivity contribution in [2.75, 3.05) is 13.7 Å². The first-order valence-corrected chi connectivity index (χ1v) is 21.4. The first-order chi connectivity index (χ1) is 28.1. The van der Waals surface area contributed by atoms with Crippen LogP contribution >= 0.6 is 0 Å². The minimum atomic E-state index is -1.38. The highest BCUT2D eigenvalue weighted by Gasteiger charge is 2.76. The third kappa shape index (κ3) is 6.62. The van der Waals surface area contributed by atoms with Gasteiger partial charge in [-0.25, -0.2) is 0 Å². The van der Waals surface area contributed by atoms with Gasteiger partial charge < -0.3 is 24.6 Å². The standard InChI is InChI=1S/C51H59NO7/c1-33-11-10-25-48(4)43(41-23-17-34(29-38(53)20-16-33)30-42(41)44(54)36-18-21-39(58-6)22-19-36)24-26-50(48,57)32-52(31-37-14-9-13-35-12-7-8-15-40(35)37)45(55)51-28-27-49(5,46(56)59-51)47(51,2)3/h7-9,11-15,17-19,21-23,30,38,43,53,57H,10,16,20,24-29,31-32H2,1-6H3/t38-,43-,48-,49-,50+,51+/m0/s1. The van der Waals surface area contributed by atoms with Crippen molar-refractivity contribution in [3.63, 3.8) is 0 Å². The number of rotatable bonds is 8. The van der Waals surface area contributed by atoms with Crippen molar-refractivity contribution in [1.82, 2.24) is 4.90 Å². The van der Waals surface area contributed by atoms with Gasteiger partial charge in [-0.3, -0.25) is 14.4 Å². The van der Waals surface area contributed by atoms with Crippen LogP contribution in [0.5, 0.6) is 5.75 Å². The highest BCUT2D eigenvalue weighted by molar-refractivity contribution is 6.10. The van der Waals surface area contributed by atoms with E-state index < -0.39 is 33.6 Å². The number of amides is 1. The summed E-state index contributed by atoms with van der Waals surface area (Å²) in [5.41, 5.74) is -0.101. The Kier molecular flexibility index (Phi) is 10.4. The molecule has 2 N–H and O–H groups in total. The monoisotopic (exact) mass is 797 g/mol. The van der Waals surface area contributed by atoms with Crippen molar-refractivity contribution in [2.24, 2.45) is 16.2 Å². The number of aliphatic hydroxyl groups is 2. The van der Waals surface area contributed by atoms with Gasteiger partial charge in [0.2, 0.25) is 0 Å². The Labute approximate surface area is 348 Å². The molecule has 59 heavy (non-hydrogen) atoms. The molecule has 1 aliphatic heterocycles. The summed E-state index contributed by atoms with van der Waals surface area (Å²) in [6.07, 6.45) is 6.71. The summed E-state index contributed by atoms with van der Waals surface area (Å²) in [5.74, 6) is -0.299. The number of benzene rings is 4. The Balaban J connectivity index is 1.24. The third-order valence-corrected chi connectivity index (χ3v) is 15.7. The smallest absolute Gasteiger partial charge is 0.313 e. The number of hydrogen-bond donors (Lipinski definition) is 2. The molecule has 8 heteroatoms. The zero-order valence-corrected chi connectivity index (χ0v) is 35.5. The summed E-state index contributed by atoms with van der Waals surface area (Å²) < 4.78 is 11.6. The molecule has 4 aliphatic carbocycles. The van der Waals surface area contributed by atoms with Gasteiger partial charge in [0.15, 0.2) is 11.4 Å². The Morgan fingerprint density at radius 3 is 2.36 bits per heavy atom. The predicted octanol–water partition coefficient (Wildman–Crippen LogP) is 9.27. The Bertz CT molecular complexity index is 2320. The van der Waals surface area contributed by atoms with E-state index in [1.165, 1.54) is 5.57 Å². The topological polar surface area (TPSA) is 113 Å². The summed E-state index contributed by atoms with van der Waals surface area (Å²) in [6, 6.07) is 27.4. The molecular weight excluding hydrogens is 739 g/mol. The second kappa shape index (κ2) is 15.0. The Morgan fingerprint density at radius 1 is 0.898 bits per heavy atom. The highest BCUT2D eigenvalue weighted by Crippen LogP contribution is 2.66. The molecular formula is C51H59NO7. The third-order valence-electron chi connectivity index (χ3n) is 15.7. The van der Waals surface area contributed by atoms with Crippen LogP contribution in [0.15, 0.2) is 96.6 Å². The molecule has 2 saturated carbocycles.